The molecule has 0 bridgehead atoms. The first-order valence-corrected chi connectivity index (χ1v) is 9.68. The Morgan fingerprint density at radius 2 is 2.15 bits per heavy atom. The minimum Gasteiger partial charge on any atom is -0.461 e. The number of amidine groups is 1. The van der Waals surface area contributed by atoms with Crippen molar-refractivity contribution in [3.8, 4) is 0 Å². The monoisotopic (exact) mass is 409 g/mol. The fourth-order valence-electron chi connectivity index (χ4n) is 2.75. The second kappa shape index (κ2) is 7.79. The van der Waals surface area contributed by atoms with Crippen LogP contribution < -0.4 is 5.06 Å². The van der Waals surface area contributed by atoms with E-state index in [2.05, 4.69) is 9.98 Å². The predicted octanol–water partition coefficient (Wildman–Crippen LogP) is 3.78. The molecule has 3 heterocycles. The Bertz CT molecular complexity index is 876. The van der Waals surface area contributed by atoms with E-state index in [1.165, 1.54) is 35.2 Å². The summed E-state index contributed by atoms with van der Waals surface area (Å²) in [5.41, 5.74) is 0.269. The zero-order valence-electron chi connectivity index (χ0n) is 14.5. The summed E-state index contributed by atoms with van der Waals surface area (Å²) in [7, 11) is 0. The standard InChI is InChI=1S/C17H17ClFN5O2S/c1-2-22-17(15-4-3-7-25-15)21-11-24(22)27-9-16-20-10-23(26-16)14-8-12(18)5-6-13(14)19/h3-8H,2,9-11H2,1H3. The minimum atomic E-state index is -0.406. The third-order valence-corrected chi connectivity index (χ3v) is 5.22. The quantitative estimate of drug-likeness (QED) is 0.677. The van der Waals surface area contributed by atoms with Gasteiger partial charge >= 0.3 is 0 Å². The van der Waals surface area contributed by atoms with E-state index >= 15 is 0 Å². The van der Waals surface area contributed by atoms with Gasteiger partial charge in [-0.15, -0.1) is 4.41 Å². The first kappa shape index (κ1) is 18.1. The number of hydrogen-bond donors (Lipinski definition) is 0. The highest BCUT2D eigenvalue weighted by Crippen LogP contribution is 2.28. The van der Waals surface area contributed by atoms with Gasteiger partial charge in [0, 0.05) is 11.6 Å². The molecule has 0 saturated heterocycles. The van der Waals surface area contributed by atoms with Crippen LogP contribution in [0.25, 0.3) is 0 Å². The van der Waals surface area contributed by atoms with Crippen molar-refractivity contribution < 1.29 is 13.6 Å². The molecule has 0 fully saturated rings. The van der Waals surface area contributed by atoms with Crippen LogP contribution in [0.5, 0.6) is 0 Å². The Morgan fingerprint density at radius 1 is 1.26 bits per heavy atom. The van der Waals surface area contributed by atoms with Crippen molar-refractivity contribution >= 4 is 41.0 Å². The topological polar surface area (TPSA) is 56.8 Å². The lowest BCUT2D eigenvalue weighted by atomic mass is 10.3. The van der Waals surface area contributed by atoms with E-state index in [4.69, 9.17) is 20.9 Å². The number of furan rings is 1. The van der Waals surface area contributed by atoms with Crippen molar-refractivity contribution in [3.05, 3.63) is 53.2 Å². The Labute approximate surface area is 165 Å². The maximum Gasteiger partial charge on any atom is 0.230 e. The highest BCUT2D eigenvalue weighted by molar-refractivity contribution is 7.97. The third-order valence-electron chi connectivity index (χ3n) is 4.00. The van der Waals surface area contributed by atoms with Gasteiger partial charge in [-0.2, -0.15) is 5.06 Å². The van der Waals surface area contributed by atoms with Crippen LogP contribution in [0.2, 0.25) is 5.02 Å². The lowest BCUT2D eigenvalue weighted by Crippen LogP contribution is -2.37. The molecule has 2 aliphatic heterocycles. The molecule has 0 radical (unpaired) electrons. The summed E-state index contributed by atoms with van der Waals surface area (Å²) in [6.07, 6.45) is 1.63. The zero-order chi connectivity index (χ0) is 18.8. The SMILES string of the molecule is CCN1C(c2ccco2)=NCN1SCC1=NCN(c2cc(Cl)ccc2F)O1. The Kier molecular flexibility index (Phi) is 5.24. The van der Waals surface area contributed by atoms with Crippen LogP contribution in [0.4, 0.5) is 10.1 Å². The molecule has 10 heteroatoms. The van der Waals surface area contributed by atoms with Crippen LogP contribution in [0, 0.1) is 5.82 Å². The summed E-state index contributed by atoms with van der Waals surface area (Å²) in [6, 6.07) is 8.05. The van der Waals surface area contributed by atoms with Crippen molar-refractivity contribution in [2.75, 3.05) is 30.7 Å². The molecular weight excluding hydrogens is 393 g/mol. The van der Waals surface area contributed by atoms with Gasteiger partial charge in [0.25, 0.3) is 0 Å². The van der Waals surface area contributed by atoms with Crippen molar-refractivity contribution in [3.63, 3.8) is 0 Å². The largest absolute Gasteiger partial charge is 0.461 e. The molecule has 0 unspecified atom stereocenters. The molecular formula is C17H17ClFN5O2S. The van der Waals surface area contributed by atoms with Gasteiger partial charge in [0.2, 0.25) is 5.90 Å². The molecule has 0 atom stereocenters. The highest BCUT2D eigenvalue weighted by atomic mass is 35.5. The number of hydrogen-bond acceptors (Lipinski definition) is 8. The summed E-state index contributed by atoms with van der Waals surface area (Å²) in [4.78, 5) is 14.5. The summed E-state index contributed by atoms with van der Waals surface area (Å²) in [5.74, 6) is 2.14. The molecule has 2 aliphatic rings. The number of halogens is 2. The van der Waals surface area contributed by atoms with Gasteiger partial charge in [-0.05, 0) is 49.2 Å². The minimum absolute atomic E-state index is 0.221. The molecule has 4 rings (SSSR count). The van der Waals surface area contributed by atoms with E-state index < -0.39 is 5.82 Å². The lowest BCUT2D eigenvalue weighted by molar-refractivity contribution is 0.203. The average molecular weight is 410 g/mol. The number of rotatable bonds is 6. The molecule has 1 aromatic carbocycles. The third kappa shape index (κ3) is 3.76. The molecule has 0 N–H and O–H groups in total. The van der Waals surface area contributed by atoms with E-state index in [9.17, 15) is 4.39 Å². The molecule has 27 heavy (non-hydrogen) atoms. The van der Waals surface area contributed by atoms with Crippen LogP contribution in [0.1, 0.15) is 12.7 Å². The number of anilines is 1. The summed E-state index contributed by atoms with van der Waals surface area (Å²) in [5, 5.41) is 3.87. The summed E-state index contributed by atoms with van der Waals surface area (Å²) in [6.45, 7) is 3.53. The van der Waals surface area contributed by atoms with Crippen LogP contribution in [0.15, 0.2) is 51.0 Å². The number of hydrazine groups is 1. The van der Waals surface area contributed by atoms with Crippen LogP contribution in [-0.4, -0.2) is 46.8 Å². The van der Waals surface area contributed by atoms with Crippen molar-refractivity contribution in [2.45, 2.75) is 6.92 Å². The van der Waals surface area contributed by atoms with E-state index in [-0.39, 0.29) is 12.4 Å². The second-order valence-corrected chi connectivity index (χ2v) is 7.11. The number of hydroxylamine groups is 1. The van der Waals surface area contributed by atoms with Crippen molar-refractivity contribution in [1.29, 1.82) is 0 Å². The van der Waals surface area contributed by atoms with Gasteiger partial charge in [-0.1, -0.05) is 11.6 Å². The van der Waals surface area contributed by atoms with Crippen LogP contribution >= 0.6 is 23.5 Å². The molecule has 0 aliphatic carbocycles. The van der Waals surface area contributed by atoms with E-state index in [1.54, 1.807) is 6.26 Å². The van der Waals surface area contributed by atoms with Crippen molar-refractivity contribution in [1.82, 2.24) is 9.42 Å². The fraction of sp³-hybridized carbons (Fsp3) is 0.294. The van der Waals surface area contributed by atoms with Gasteiger partial charge in [0.05, 0.1) is 12.0 Å². The first-order chi connectivity index (χ1) is 13.2. The Hall–Kier alpha value is -2.23. The normalized spacial score (nSPS) is 17.3. The van der Waals surface area contributed by atoms with Crippen LogP contribution in [-0.2, 0) is 4.84 Å². The maximum atomic E-state index is 14.0. The molecule has 142 valence electrons. The predicted molar refractivity (Wildman–Crippen MR) is 104 cm³/mol. The lowest BCUT2D eigenvalue weighted by Gasteiger charge is -2.27. The van der Waals surface area contributed by atoms with Gasteiger partial charge in [0.15, 0.2) is 11.6 Å². The van der Waals surface area contributed by atoms with E-state index in [0.717, 1.165) is 18.1 Å². The number of benzene rings is 1. The van der Waals surface area contributed by atoms with Crippen molar-refractivity contribution in [2.24, 2.45) is 9.98 Å². The molecule has 1 aromatic heterocycles. The van der Waals surface area contributed by atoms with Gasteiger partial charge in [-0.3, -0.25) is 5.01 Å². The highest BCUT2D eigenvalue weighted by Gasteiger charge is 2.29. The fourth-order valence-corrected chi connectivity index (χ4v) is 3.79. The van der Waals surface area contributed by atoms with Gasteiger partial charge in [-0.25, -0.2) is 14.4 Å². The summed E-state index contributed by atoms with van der Waals surface area (Å²) < 4.78 is 21.4. The molecule has 0 spiro atoms. The molecule has 0 amide bonds. The maximum absolute atomic E-state index is 14.0. The zero-order valence-corrected chi connectivity index (χ0v) is 16.1. The molecule has 0 saturated carbocycles. The smallest absolute Gasteiger partial charge is 0.230 e. The van der Waals surface area contributed by atoms with Gasteiger partial charge in [0.1, 0.15) is 24.8 Å². The average Bonchev–Trinajstić information content (AvgIpc) is 3.41. The van der Waals surface area contributed by atoms with Gasteiger partial charge < -0.3 is 9.25 Å². The van der Waals surface area contributed by atoms with E-state index in [0.29, 0.717) is 23.3 Å². The molecule has 2 aromatic rings. The number of aliphatic imine (C=N–C) groups is 2. The van der Waals surface area contributed by atoms with Crippen LogP contribution in [0.3, 0.4) is 0 Å². The Morgan fingerprint density at radius 3 is 2.93 bits per heavy atom. The summed E-state index contributed by atoms with van der Waals surface area (Å²) >= 11 is 7.46. The van der Waals surface area contributed by atoms with E-state index in [1.807, 2.05) is 28.5 Å². The second-order valence-electron chi connectivity index (χ2n) is 5.70. The molecule has 7 nitrogen and oxygen atoms in total. The Balaban J connectivity index is 1.34. The number of nitrogens with zero attached hydrogens (tertiary/aromatic N) is 5. The first-order valence-electron chi connectivity index (χ1n) is 8.36.